The molecule has 0 saturated heterocycles. The first-order valence-electron chi connectivity index (χ1n) is 7.52. The summed E-state index contributed by atoms with van der Waals surface area (Å²) in [5.74, 6) is -1.41. The fourth-order valence-electron chi connectivity index (χ4n) is 1.93. The van der Waals surface area contributed by atoms with E-state index >= 15 is 0 Å². The molecule has 0 fully saturated rings. The lowest BCUT2D eigenvalue weighted by Crippen LogP contribution is -1.93. The molecule has 0 aromatic heterocycles. The number of carboxylic acids is 1. The van der Waals surface area contributed by atoms with Gasteiger partial charge in [0.05, 0.1) is 0 Å². The van der Waals surface area contributed by atoms with Gasteiger partial charge in [-0.1, -0.05) is 75.8 Å². The minimum Gasteiger partial charge on any atom is -0.479 e. The maximum Gasteiger partial charge on any atom is 0.335 e. The Kier molecular flexibility index (Phi) is 13.1. The Hall–Kier alpha value is -1.38. The zero-order chi connectivity index (χ0) is 15.1. The van der Waals surface area contributed by atoms with Gasteiger partial charge in [0.2, 0.25) is 0 Å². The number of halogens is 1. The zero-order valence-electron chi connectivity index (χ0n) is 12.5. The van der Waals surface area contributed by atoms with Crippen molar-refractivity contribution >= 4 is 5.97 Å². The number of benzene rings is 1. The third-order valence-electron chi connectivity index (χ3n) is 3.03. The number of aliphatic carboxylic acids is 1. The molecule has 2 nitrogen and oxygen atoms in total. The highest BCUT2D eigenvalue weighted by molar-refractivity contribution is 5.67. The predicted molar refractivity (Wildman–Crippen MR) is 81.7 cm³/mol. The molecule has 3 heteroatoms. The van der Waals surface area contributed by atoms with E-state index in [9.17, 15) is 4.39 Å². The van der Waals surface area contributed by atoms with Crippen molar-refractivity contribution in [2.45, 2.75) is 58.3 Å². The molecule has 1 rings (SSSR count). The normalized spacial score (nSPS) is 9.70. The predicted octanol–water partition coefficient (Wildman–Crippen LogP) is 5.02. The van der Waals surface area contributed by atoms with E-state index in [1.54, 1.807) is 0 Å². The number of rotatable bonds is 9. The van der Waals surface area contributed by atoms with E-state index in [2.05, 4.69) is 37.3 Å². The van der Waals surface area contributed by atoms with E-state index < -0.39 is 12.6 Å². The summed E-state index contributed by atoms with van der Waals surface area (Å²) in [7, 11) is 0. The third-order valence-corrected chi connectivity index (χ3v) is 3.03. The molecular weight excluding hydrogens is 255 g/mol. The minimum absolute atomic E-state index is 1.26. The molecule has 0 unspecified atom stereocenters. The van der Waals surface area contributed by atoms with Gasteiger partial charge in [-0.3, -0.25) is 0 Å². The van der Waals surface area contributed by atoms with Gasteiger partial charge in [0.25, 0.3) is 0 Å². The summed E-state index contributed by atoms with van der Waals surface area (Å²) in [6.45, 7) is 0.995. The Bertz CT molecular complexity index is 325. The maximum absolute atomic E-state index is 10.5. The smallest absolute Gasteiger partial charge is 0.335 e. The van der Waals surface area contributed by atoms with Crippen molar-refractivity contribution in [3.63, 3.8) is 0 Å². The largest absolute Gasteiger partial charge is 0.479 e. The van der Waals surface area contributed by atoms with E-state index in [1.165, 1.54) is 56.9 Å². The van der Waals surface area contributed by atoms with Gasteiger partial charge in [0, 0.05) is 0 Å². The number of carboxylic acid groups (broad SMARTS) is 1. The number of hydrogen-bond donors (Lipinski definition) is 1. The lowest BCUT2D eigenvalue weighted by Gasteiger charge is -2.01. The summed E-state index contributed by atoms with van der Waals surface area (Å²) in [4.78, 5) is 8.99. The van der Waals surface area contributed by atoms with E-state index in [-0.39, 0.29) is 0 Å². The summed E-state index contributed by atoms with van der Waals surface area (Å²) in [5, 5.41) is 7.35. The number of unbranched alkanes of at least 4 members (excludes halogenated alkanes) is 6. The molecule has 1 aromatic rings. The molecule has 1 aromatic carbocycles. The second-order valence-electron chi connectivity index (χ2n) is 4.88. The van der Waals surface area contributed by atoms with E-state index in [0.29, 0.717) is 0 Å². The Morgan fingerprint density at radius 2 is 1.50 bits per heavy atom. The van der Waals surface area contributed by atoms with Crippen LogP contribution in [0.15, 0.2) is 30.3 Å². The van der Waals surface area contributed by atoms with Crippen LogP contribution >= 0.6 is 0 Å². The molecule has 1 N–H and O–H groups in total. The molecule has 20 heavy (non-hydrogen) atoms. The SMILES string of the molecule is CCCCCCCCCc1ccccc1.O=C(O)CF. The number of aryl methyl sites for hydroxylation is 1. The van der Waals surface area contributed by atoms with Gasteiger partial charge in [-0.15, -0.1) is 0 Å². The summed E-state index contributed by atoms with van der Waals surface area (Å²) >= 11 is 0. The van der Waals surface area contributed by atoms with Crippen molar-refractivity contribution < 1.29 is 14.3 Å². The summed E-state index contributed by atoms with van der Waals surface area (Å²) in [6, 6.07) is 10.8. The van der Waals surface area contributed by atoms with Gasteiger partial charge in [0.1, 0.15) is 0 Å². The van der Waals surface area contributed by atoms with Crippen LogP contribution in [-0.2, 0) is 11.2 Å². The van der Waals surface area contributed by atoms with Crippen molar-refractivity contribution in [1.82, 2.24) is 0 Å². The van der Waals surface area contributed by atoms with Gasteiger partial charge in [-0.05, 0) is 18.4 Å². The molecule has 0 saturated carbocycles. The summed E-state index contributed by atoms with van der Waals surface area (Å²) < 4.78 is 10.5. The van der Waals surface area contributed by atoms with Crippen molar-refractivity contribution in [3.05, 3.63) is 35.9 Å². The molecule has 0 bridgehead atoms. The van der Waals surface area contributed by atoms with E-state index in [0.717, 1.165) is 0 Å². The monoisotopic (exact) mass is 282 g/mol. The first-order valence-corrected chi connectivity index (χ1v) is 7.52. The summed E-state index contributed by atoms with van der Waals surface area (Å²) in [6.07, 6.45) is 11.1. The van der Waals surface area contributed by atoms with Gasteiger partial charge >= 0.3 is 5.97 Å². The molecule has 0 aliphatic rings. The van der Waals surface area contributed by atoms with Gasteiger partial charge < -0.3 is 5.11 Å². The van der Waals surface area contributed by atoms with Crippen molar-refractivity contribution in [2.75, 3.05) is 6.67 Å². The van der Waals surface area contributed by atoms with Crippen LogP contribution in [0.2, 0.25) is 0 Å². The number of hydrogen-bond acceptors (Lipinski definition) is 1. The van der Waals surface area contributed by atoms with Gasteiger partial charge in [-0.2, -0.15) is 0 Å². The van der Waals surface area contributed by atoms with Crippen LogP contribution in [0.3, 0.4) is 0 Å². The van der Waals surface area contributed by atoms with Crippen LogP contribution < -0.4 is 0 Å². The number of alkyl halides is 1. The van der Waals surface area contributed by atoms with Crippen molar-refractivity contribution in [3.8, 4) is 0 Å². The van der Waals surface area contributed by atoms with Crippen LogP contribution in [-0.4, -0.2) is 17.8 Å². The Morgan fingerprint density at radius 1 is 1.00 bits per heavy atom. The highest BCUT2D eigenvalue weighted by Crippen LogP contribution is 2.10. The molecule has 0 radical (unpaired) electrons. The first-order chi connectivity index (χ1) is 9.70. The van der Waals surface area contributed by atoms with Crippen LogP contribution in [0.1, 0.15) is 57.4 Å². The highest BCUT2D eigenvalue weighted by Gasteiger charge is 1.93. The van der Waals surface area contributed by atoms with Crippen LogP contribution in [0.4, 0.5) is 4.39 Å². The van der Waals surface area contributed by atoms with Crippen molar-refractivity contribution in [1.29, 1.82) is 0 Å². The molecule has 0 aliphatic carbocycles. The molecule has 0 atom stereocenters. The molecule has 0 amide bonds. The topological polar surface area (TPSA) is 37.3 Å². The third kappa shape index (κ3) is 13.1. The van der Waals surface area contributed by atoms with Gasteiger partial charge in [0.15, 0.2) is 6.67 Å². The second-order valence-corrected chi connectivity index (χ2v) is 4.88. The average molecular weight is 282 g/mol. The van der Waals surface area contributed by atoms with Crippen LogP contribution in [0.5, 0.6) is 0 Å². The fraction of sp³-hybridized carbons (Fsp3) is 0.588. The van der Waals surface area contributed by atoms with Crippen LogP contribution in [0.25, 0.3) is 0 Å². The Labute approximate surface area is 122 Å². The van der Waals surface area contributed by atoms with Crippen LogP contribution in [0, 0.1) is 0 Å². The molecule has 0 heterocycles. The standard InChI is InChI=1S/C15H24.C2H3FO2/c1-2-3-4-5-6-7-9-12-15-13-10-8-11-14-15;3-1-2(4)5/h8,10-11,13-14H,2-7,9,12H2,1H3;1H2,(H,4,5). The Morgan fingerprint density at radius 3 is 2.00 bits per heavy atom. The quantitative estimate of drug-likeness (QED) is 0.646. The van der Waals surface area contributed by atoms with Crippen molar-refractivity contribution in [2.24, 2.45) is 0 Å². The van der Waals surface area contributed by atoms with E-state index in [1.807, 2.05) is 0 Å². The lowest BCUT2D eigenvalue weighted by atomic mass is 10.0. The highest BCUT2D eigenvalue weighted by atomic mass is 19.1. The molecular formula is C17H27FO2. The molecule has 0 aliphatic heterocycles. The number of carbonyl (C=O) groups is 1. The lowest BCUT2D eigenvalue weighted by molar-refractivity contribution is -0.137. The summed E-state index contributed by atoms with van der Waals surface area (Å²) in [5.41, 5.74) is 1.49. The molecule has 0 spiro atoms. The minimum atomic E-state index is -1.41. The average Bonchev–Trinajstić information content (AvgIpc) is 2.48. The Balaban J connectivity index is 0.000000621. The van der Waals surface area contributed by atoms with Gasteiger partial charge in [-0.25, -0.2) is 9.18 Å². The maximum atomic E-state index is 10.5. The molecule has 114 valence electrons. The second kappa shape index (κ2) is 14.0. The van der Waals surface area contributed by atoms with E-state index in [4.69, 9.17) is 9.90 Å². The first kappa shape index (κ1) is 18.6. The fourth-order valence-corrected chi connectivity index (χ4v) is 1.93. The zero-order valence-corrected chi connectivity index (χ0v) is 12.5.